The summed E-state index contributed by atoms with van der Waals surface area (Å²) in [6, 6.07) is 6.11. The zero-order valence-electron chi connectivity index (χ0n) is 20.9. The van der Waals surface area contributed by atoms with Crippen molar-refractivity contribution in [2.45, 2.75) is 57.5 Å². The van der Waals surface area contributed by atoms with E-state index in [0.29, 0.717) is 17.4 Å². The lowest BCUT2D eigenvalue weighted by atomic mass is 9.96. The minimum atomic E-state index is -0.666. The van der Waals surface area contributed by atoms with Crippen molar-refractivity contribution in [1.29, 1.82) is 0 Å². The van der Waals surface area contributed by atoms with Crippen LogP contribution in [0.3, 0.4) is 0 Å². The second-order valence-corrected chi connectivity index (χ2v) is 9.82. The van der Waals surface area contributed by atoms with E-state index < -0.39 is 5.91 Å². The van der Waals surface area contributed by atoms with Crippen LogP contribution in [0.1, 0.15) is 70.5 Å². The topological polar surface area (TPSA) is 131 Å². The van der Waals surface area contributed by atoms with Gasteiger partial charge in [0.05, 0.1) is 18.1 Å². The van der Waals surface area contributed by atoms with Gasteiger partial charge in [-0.25, -0.2) is 9.97 Å². The molecular formula is C26H32N8O2. The molecule has 2 aromatic heterocycles. The minimum Gasteiger partial charge on any atom is -0.364 e. The van der Waals surface area contributed by atoms with Crippen LogP contribution in [0.5, 0.6) is 0 Å². The Labute approximate surface area is 210 Å². The zero-order valence-corrected chi connectivity index (χ0v) is 20.9. The van der Waals surface area contributed by atoms with Crippen LogP contribution in [0.2, 0.25) is 0 Å². The van der Waals surface area contributed by atoms with Gasteiger partial charge in [-0.1, -0.05) is 12.1 Å². The Balaban J connectivity index is 1.34. The molecule has 0 bridgehead atoms. The number of aromatic nitrogens is 4. The second-order valence-electron chi connectivity index (χ2n) is 9.82. The Hall–Kier alpha value is -3.95. The van der Waals surface area contributed by atoms with Crippen molar-refractivity contribution >= 4 is 29.1 Å². The van der Waals surface area contributed by atoms with Crippen molar-refractivity contribution in [3.63, 3.8) is 0 Å². The highest BCUT2D eigenvalue weighted by atomic mass is 16.2. The molecule has 2 fully saturated rings. The number of rotatable bonds is 7. The molecule has 36 heavy (non-hydrogen) atoms. The Bertz CT molecular complexity index is 1300. The zero-order chi connectivity index (χ0) is 25.4. The highest BCUT2D eigenvalue weighted by molar-refractivity contribution is 5.97. The van der Waals surface area contributed by atoms with Gasteiger partial charge in [0, 0.05) is 37.4 Å². The maximum atomic E-state index is 13.2. The van der Waals surface area contributed by atoms with Crippen molar-refractivity contribution in [2.75, 3.05) is 16.8 Å². The Morgan fingerprint density at radius 2 is 1.97 bits per heavy atom. The average Bonchev–Trinajstić information content (AvgIpc) is 3.62. The van der Waals surface area contributed by atoms with Crippen LogP contribution >= 0.6 is 0 Å². The van der Waals surface area contributed by atoms with E-state index in [2.05, 4.69) is 44.7 Å². The number of piperidine rings is 1. The quantitative estimate of drug-likeness (QED) is 0.466. The number of benzene rings is 1. The summed E-state index contributed by atoms with van der Waals surface area (Å²) in [5, 5.41) is 10.5. The first kappa shape index (κ1) is 23.8. The van der Waals surface area contributed by atoms with E-state index >= 15 is 0 Å². The molecule has 4 N–H and O–H groups in total. The van der Waals surface area contributed by atoms with Crippen LogP contribution in [0, 0.1) is 6.92 Å². The summed E-state index contributed by atoms with van der Waals surface area (Å²) < 4.78 is 1.64. The number of anilines is 3. The van der Waals surface area contributed by atoms with Crippen LogP contribution in [-0.4, -0.2) is 50.2 Å². The molecule has 188 valence electrons. The summed E-state index contributed by atoms with van der Waals surface area (Å²) in [7, 11) is 1.80. The highest BCUT2D eigenvalue weighted by Crippen LogP contribution is 2.40. The first-order valence-electron chi connectivity index (χ1n) is 12.4. The molecule has 1 saturated heterocycles. The number of amides is 2. The molecule has 3 aromatic rings. The molecule has 1 aliphatic carbocycles. The summed E-state index contributed by atoms with van der Waals surface area (Å²) >= 11 is 0. The van der Waals surface area contributed by atoms with Crippen molar-refractivity contribution in [3.8, 4) is 0 Å². The molecule has 1 aliphatic heterocycles. The lowest BCUT2D eigenvalue weighted by Crippen LogP contribution is -2.54. The molecule has 0 radical (unpaired) electrons. The van der Waals surface area contributed by atoms with Crippen molar-refractivity contribution in [2.24, 2.45) is 12.8 Å². The van der Waals surface area contributed by atoms with Crippen LogP contribution in [0.4, 0.5) is 17.3 Å². The number of carbonyl (C=O) groups excluding carboxylic acids is 2. The number of hydrogen-bond donors (Lipinski definition) is 3. The first-order chi connectivity index (χ1) is 17.3. The van der Waals surface area contributed by atoms with Crippen LogP contribution < -0.4 is 21.3 Å². The number of primary amides is 1. The molecule has 10 nitrogen and oxygen atoms in total. The van der Waals surface area contributed by atoms with Gasteiger partial charge >= 0.3 is 0 Å². The molecule has 0 unspecified atom stereocenters. The summed E-state index contributed by atoms with van der Waals surface area (Å²) in [4.78, 5) is 36.3. The standard InChI is InChI=1S/C26H32N8O2/c1-15-11-18(17-6-7-17)8-9-20(15)26(36)31-21-5-4-10-34(16(21)2)22-13-28-23(24(27)35)25(32-22)30-19-12-29-33(3)14-19/h8-9,11-14,16-17,21H,4-7,10H2,1-3H3,(H2,27,35)(H,30,32)(H,31,36)/t16-,21-/m1/s1. The summed E-state index contributed by atoms with van der Waals surface area (Å²) in [6.45, 7) is 4.84. The average molecular weight is 489 g/mol. The molecule has 1 aromatic carbocycles. The van der Waals surface area contributed by atoms with Gasteiger partial charge in [0.2, 0.25) is 0 Å². The third-order valence-corrected chi connectivity index (χ3v) is 7.10. The molecule has 5 rings (SSSR count). The number of aryl methyl sites for hydroxylation is 2. The summed E-state index contributed by atoms with van der Waals surface area (Å²) in [6.07, 6.45) is 9.21. The predicted molar refractivity (Wildman–Crippen MR) is 137 cm³/mol. The minimum absolute atomic E-state index is 0.0197. The molecule has 1 saturated carbocycles. The Kier molecular flexibility index (Phi) is 6.34. The largest absolute Gasteiger partial charge is 0.364 e. The van der Waals surface area contributed by atoms with E-state index in [4.69, 9.17) is 10.7 Å². The fraction of sp³-hybridized carbons (Fsp3) is 0.423. The lowest BCUT2D eigenvalue weighted by molar-refractivity contribution is 0.0922. The first-order valence-corrected chi connectivity index (χ1v) is 12.4. The van der Waals surface area contributed by atoms with E-state index in [-0.39, 0.29) is 29.5 Å². The van der Waals surface area contributed by atoms with Gasteiger partial charge in [0.15, 0.2) is 11.5 Å². The second kappa shape index (κ2) is 9.60. The molecule has 10 heteroatoms. The third kappa shape index (κ3) is 4.89. The van der Waals surface area contributed by atoms with E-state index in [1.165, 1.54) is 18.4 Å². The van der Waals surface area contributed by atoms with Gasteiger partial charge in [-0.05, 0) is 62.6 Å². The molecule has 0 spiro atoms. The van der Waals surface area contributed by atoms with Crippen molar-refractivity contribution in [3.05, 3.63) is 59.2 Å². The Morgan fingerprint density at radius 3 is 2.64 bits per heavy atom. The fourth-order valence-corrected chi connectivity index (χ4v) is 4.93. The van der Waals surface area contributed by atoms with Crippen LogP contribution in [0.15, 0.2) is 36.8 Å². The number of hydrogen-bond acceptors (Lipinski definition) is 7. The SMILES string of the molecule is Cc1cc(C2CC2)ccc1C(=O)N[C@@H]1CCCN(c2cnc(C(N)=O)c(Nc3cnn(C)c3)n2)[C@@H]1C. The molecule has 2 amide bonds. The van der Waals surface area contributed by atoms with Gasteiger partial charge in [-0.2, -0.15) is 5.10 Å². The van der Waals surface area contributed by atoms with Crippen molar-refractivity contribution in [1.82, 2.24) is 25.1 Å². The molecule has 3 heterocycles. The van der Waals surface area contributed by atoms with E-state index in [1.54, 1.807) is 30.3 Å². The lowest BCUT2D eigenvalue weighted by Gasteiger charge is -2.40. The number of carbonyl (C=O) groups is 2. The van der Waals surface area contributed by atoms with E-state index in [9.17, 15) is 9.59 Å². The monoisotopic (exact) mass is 488 g/mol. The Morgan fingerprint density at radius 1 is 1.17 bits per heavy atom. The maximum absolute atomic E-state index is 13.2. The third-order valence-electron chi connectivity index (χ3n) is 7.10. The van der Waals surface area contributed by atoms with E-state index in [1.807, 2.05) is 13.0 Å². The molecule has 2 atom stereocenters. The van der Waals surface area contributed by atoms with Gasteiger partial charge in [0.1, 0.15) is 5.82 Å². The summed E-state index contributed by atoms with van der Waals surface area (Å²) in [5.41, 5.74) is 9.33. The van der Waals surface area contributed by atoms with Crippen molar-refractivity contribution < 1.29 is 9.59 Å². The van der Waals surface area contributed by atoms with Gasteiger partial charge < -0.3 is 21.3 Å². The smallest absolute Gasteiger partial charge is 0.271 e. The number of nitrogens with zero attached hydrogens (tertiary/aromatic N) is 5. The number of nitrogens with one attached hydrogen (secondary N) is 2. The van der Waals surface area contributed by atoms with E-state index in [0.717, 1.165) is 30.5 Å². The summed E-state index contributed by atoms with van der Waals surface area (Å²) in [5.74, 6) is 0.830. The van der Waals surface area contributed by atoms with Gasteiger partial charge in [-0.15, -0.1) is 0 Å². The number of nitrogens with two attached hydrogens (primary N) is 1. The molecule has 2 aliphatic rings. The van der Waals surface area contributed by atoms with Crippen LogP contribution in [0.25, 0.3) is 0 Å². The molecular weight excluding hydrogens is 456 g/mol. The normalized spacial score (nSPS) is 19.7. The fourth-order valence-electron chi connectivity index (χ4n) is 4.93. The predicted octanol–water partition coefficient (Wildman–Crippen LogP) is 3.03. The van der Waals surface area contributed by atoms with Gasteiger partial charge in [0.25, 0.3) is 11.8 Å². The van der Waals surface area contributed by atoms with Gasteiger partial charge in [-0.3, -0.25) is 14.3 Å². The highest BCUT2D eigenvalue weighted by Gasteiger charge is 2.31. The maximum Gasteiger partial charge on any atom is 0.271 e. The van der Waals surface area contributed by atoms with Crippen LogP contribution in [-0.2, 0) is 7.05 Å².